The van der Waals surface area contributed by atoms with Crippen molar-refractivity contribution in [3.63, 3.8) is 0 Å². The molecule has 4 nitrogen and oxygen atoms in total. The minimum absolute atomic E-state index is 0.00571. The zero-order chi connectivity index (χ0) is 19.8. The summed E-state index contributed by atoms with van der Waals surface area (Å²) in [5.41, 5.74) is 3.40. The summed E-state index contributed by atoms with van der Waals surface area (Å²) in [6.45, 7) is 11.4. The second-order valence-corrected chi connectivity index (χ2v) is 7.38. The standard InChI is InChI=1S/C23H31NO3/c1-16(2)19-8-6-7-9-21(19)26-13-12-24-23(25)15-27-22-14-18(5)10-11-20(22)17(3)4/h6-11,14,16-17H,12-13,15H2,1-5H3,(H,24,25). The molecule has 2 aromatic rings. The van der Waals surface area contributed by atoms with Gasteiger partial charge >= 0.3 is 0 Å². The van der Waals surface area contributed by atoms with Crippen LogP contribution in [0.25, 0.3) is 0 Å². The van der Waals surface area contributed by atoms with Crippen molar-refractivity contribution in [1.82, 2.24) is 5.32 Å². The van der Waals surface area contributed by atoms with Gasteiger partial charge in [0.1, 0.15) is 18.1 Å². The Labute approximate surface area is 162 Å². The van der Waals surface area contributed by atoms with Crippen LogP contribution in [0.5, 0.6) is 11.5 Å². The third-order valence-corrected chi connectivity index (χ3v) is 4.37. The minimum atomic E-state index is -0.146. The van der Waals surface area contributed by atoms with Crippen LogP contribution in [0.1, 0.15) is 56.2 Å². The fourth-order valence-electron chi connectivity index (χ4n) is 2.88. The second-order valence-electron chi connectivity index (χ2n) is 7.38. The predicted molar refractivity (Wildman–Crippen MR) is 110 cm³/mol. The summed E-state index contributed by atoms with van der Waals surface area (Å²) in [6, 6.07) is 14.1. The Morgan fingerprint density at radius 3 is 2.30 bits per heavy atom. The summed E-state index contributed by atoms with van der Waals surface area (Å²) in [6.07, 6.45) is 0. The molecule has 0 heterocycles. The second kappa shape index (κ2) is 10.0. The largest absolute Gasteiger partial charge is 0.491 e. The molecule has 0 atom stereocenters. The molecule has 0 aliphatic heterocycles. The molecule has 2 rings (SSSR count). The molecule has 27 heavy (non-hydrogen) atoms. The molecule has 0 unspecified atom stereocenters. The van der Waals surface area contributed by atoms with Crippen LogP contribution in [-0.4, -0.2) is 25.7 Å². The van der Waals surface area contributed by atoms with Crippen molar-refractivity contribution in [2.45, 2.75) is 46.5 Å². The summed E-state index contributed by atoms with van der Waals surface area (Å²) in [5.74, 6) is 2.25. The number of amides is 1. The van der Waals surface area contributed by atoms with Crippen LogP contribution in [0.2, 0.25) is 0 Å². The van der Waals surface area contributed by atoms with Crippen molar-refractivity contribution in [2.24, 2.45) is 0 Å². The Kier molecular flexibility index (Phi) is 7.71. The number of hydrogen-bond donors (Lipinski definition) is 1. The SMILES string of the molecule is Cc1ccc(C(C)C)c(OCC(=O)NCCOc2ccccc2C(C)C)c1. The first-order valence-corrected chi connectivity index (χ1v) is 9.60. The predicted octanol–water partition coefficient (Wildman–Crippen LogP) is 4.82. The fraction of sp³-hybridized carbons (Fsp3) is 0.435. The van der Waals surface area contributed by atoms with E-state index in [0.717, 1.165) is 22.6 Å². The Bertz CT molecular complexity index is 753. The molecule has 0 radical (unpaired) electrons. The highest BCUT2D eigenvalue weighted by molar-refractivity contribution is 5.77. The molecule has 0 aliphatic carbocycles. The number of carbonyl (C=O) groups excluding carboxylic acids is 1. The fourth-order valence-corrected chi connectivity index (χ4v) is 2.88. The van der Waals surface area contributed by atoms with E-state index in [0.29, 0.717) is 25.0 Å². The van der Waals surface area contributed by atoms with Crippen molar-refractivity contribution < 1.29 is 14.3 Å². The molecule has 0 aliphatic rings. The van der Waals surface area contributed by atoms with Crippen molar-refractivity contribution >= 4 is 5.91 Å². The number of para-hydroxylation sites is 1. The van der Waals surface area contributed by atoms with Gasteiger partial charge in [-0.15, -0.1) is 0 Å². The van der Waals surface area contributed by atoms with E-state index in [1.165, 1.54) is 5.56 Å². The van der Waals surface area contributed by atoms with E-state index in [2.05, 4.69) is 51.2 Å². The average Bonchev–Trinajstić information content (AvgIpc) is 2.63. The van der Waals surface area contributed by atoms with E-state index >= 15 is 0 Å². The molecule has 1 N–H and O–H groups in total. The van der Waals surface area contributed by atoms with Gasteiger partial charge in [-0.05, 0) is 47.6 Å². The van der Waals surface area contributed by atoms with Crippen LogP contribution in [0.4, 0.5) is 0 Å². The molecule has 0 fully saturated rings. The first kappa shape index (κ1) is 20.8. The molecule has 0 aromatic heterocycles. The summed E-state index contributed by atoms with van der Waals surface area (Å²) in [4.78, 5) is 12.1. The number of benzene rings is 2. The van der Waals surface area contributed by atoms with Crippen LogP contribution in [0.3, 0.4) is 0 Å². The lowest BCUT2D eigenvalue weighted by Crippen LogP contribution is -2.32. The van der Waals surface area contributed by atoms with Crippen molar-refractivity contribution in [3.05, 3.63) is 59.2 Å². The van der Waals surface area contributed by atoms with Gasteiger partial charge in [0.15, 0.2) is 6.61 Å². The van der Waals surface area contributed by atoms with Gasteiger partial charge in [0.05, 0.1) is 6.54 Å². The van der Waals surface area contributed by atoms with Crippen LogP contribution in [0.15, 0.2) is 42.5 Å². The van der Waals surface area contributed by atoms with E-state index in [9.17, 15) is 4.79 Å². The highest BCUT2D eigenvalue weighted by atomic mass is 16.5. The van der Waals surface area contributed by atoms with Gasteiger partial charge in [-0.1, -0.05) is 58.0 Å². The highest BCUT2D eigenvalue weighted by Gasteiger charge is 2.11. The zero-order valence-corrected chi connectivity index (χ0v) is 17.0. The van der Waals surface area contributed by atoms with Crippen LogP contribution in [0, 0.1) is 6.92 Å². The van der Waals surface area contributed by atoms with Gasteiger partial charge < -0.3 is 14.8 Å². The van der Waals surface area contributed by atoms with Gasteiger partial charge in [-0.2, -0.15) is 0 Å². The van der Waals surface area contributed by atoms with Crippen LogP contribution < -0.4 is 14.8 Å². The average molecular weight is 370 g/mol. The Balaban J connectivity index is 1.79. The first-order chi connectivity index (χ1) is 12.9. The van der Waals surface area contributed by atoms with Gasteiger partial charge in [-0.3, -0.25) is 4.79 Å². The molecule has 1 amide bonds. The number of carbonyl (C=O) groups is 1. The van der Waals surface area contributed by atoms with E-state index in [1.54, 1.807) is 0 Å². The molecule has 2 aromatic carbocycles. The van der Waals surface area contributed by atoms with Gasteiger partial charge in [-0.25, -0.2) is 0 Å². The van der Waals surface area contributed by atoms with E-state index in [1.807, 2.05) is 31.2 Å². The van der Waals surface area contributed by atoms with Crippen LogP contribution in [-0.2, 0) is 4.79 Å². The van der Waals surface area contributed by atoms with Crippen molar-refractivity contribution in [3.8, 4) is 11.5 Å². The molecular weight excluding hydrogens is 338 g/mol. The Hall–Kier alpha value is -2.49. The van der Waals surface area contributed by atoms with E-state index in [4.69, 9.17) is 9.47 Å². The van der Waals surface area contributed by atoms with Crippen LogP contribution >= 0.6 is 0 Å². The normalized spacial score (nSPS) is 10.9. The summed E-state index contributed by atoms with van der Waals surface area (Å²) in [5, 5.41) is 2.85. The Morgan fingerprint density at radius 2 is 1.59 bits per heavy atom. The summed E-state index contributed by atoms with van der Waals surface area (Å²) in [7, 11) is 0. The number of aryl methyl sites for hydroxylation is 1. The maximum atomic E-state index is 12.1. The summed E-state index contributed by atoms with van der Waals surface area (Å²) >= 11 is 0. The van der Waals surface area contributed by atoms with Gasteiger partial charge in [0.2, 0.25) is 0 Å². The maximum absolute atomic E-state index is 12.1. The van der Waals surface area contributed by atoms with E-state index < -0.39 is 0 Å². The number of nitrogens with one attached hydrogen (secondary N) is 1. The van der Waals surface area contributed by atoms with E-state index in [-0.39, 0.29) is 12.5 Å². The molecule has 0 saturated carbocycles. The third kappa shape index (κ3) is 6.31. The lowest BCUT2D eigenvalue weighted by atomic mass is 10.0. The Morgan fingerprint density at radius 1 is 0.926 bits per heavy atom. The number of ether oxygens (including phenoxy) is 2. The van der Waals surface area contributed by atoms with Crippen molar-refractivity contribution in [1.29, 1.82) is 0 Å². The first-order valence-electron chi connectivity index (χ1n) is 9.60. The molecule has 146 valence electrons. The monoisotopic (exact) mass is 369 g/mol. The van der Waals surface area contributed by atoms with Gasteiger partial charge in [0, 0.05) is 0 Å². The highest BCUT2D eigenvalue weighted by Crippen LogP contribution is 2.27. The number of hydrogen-bond acceptors (Lipinski definition) is 3. The topological polar surface area (TPSA) is 47.6 Å². The number of rotatable bonds is 9. The van der Waals surface area contributed by atoms with Crippen molar-refractivity contribution in [2.75, 3.05) is 19.8 Å². The summed E-state index contributed by atoms with van der Waals surface area (Å²) < 4.78 is 11.6. The molecular formula is C23H31NO3. The zero-order valence-electron chi connectivity index (χ0n) is 17.0. The van der Waals surface area contributed by atoms with Gasteiger partial charge in [0.25, 0.3) is 5.91 Å². The quantitative estimate of drug-likeness (QED) is 0.645. The minimum Gasteiger partial charge on any atom is -0.491 e. The third-order valence-electron chi connectivity index (χ3n) is 4.37. The lowest BCUT2D eigenvalue weighted by molar-refractivity contribution is -0.123. The smallest absolute Gasteiger partial charge is 0.258 e. The lowest BCUT2D eigenvalue weighted by Gasteiger charge is -2.15. The molecule has 0 saturated heterocycles. The maximum Gasteiger partial charge on any atom is 0.258 e. The molecule has 4 heteroatoms. The molecule has 0 spiro atoms. The molecule has 0 bridgehead atoms.